The first-order chi connectivity index (χ1) is 9.86. The maximum absolute atomic E-state index is 8.80. The summed E-state index contributed by atoms with van der Waals surface area (Å²) in [5.74, 6) is 0. The normalized spacial score (nSPS) is 14.8. The van der Waals surface area contributed by atoms with Gasteiger partial charge in [0.15, 0.2) is 5.65 Å². The highest BCUT2D eigenvalue weighted by Crippen LogP contribution is 2.37. The minimum Gasteiger partial charge on any atom is -0.460 e. The summed E-state index contributed by atoms with van der Waals surface area (Å²) >= 11 is 1.77. The zero-order chi connectivity index (χ0) is 13.5. The number of thiophene rings is 1. The molecule has 0 aliphatic heterocycles. The van der Waals surface area contributed by atoms with Gasteiger partial charge in [0, 0.05) is 4.88 Å². The molecule has 104 valence electrons. The molecular formula is C13H14N4O2S. The fraction of sp³-hybridized carbons (Fsp3) is 0.462. The van der Waals surface area contributed by atoms with E-state index in [2.05, 4.69) is 15.1 Å². The number of rotatable bonds is 3. The van der Waals surface area contributed by atoms with Gasteiger partial charge in [0.05, 0.1) is 12.0 Å². The monoisotopic (exact) mass is 290 g/mol. The van der Waals surface area contributed by atoms with Crippen LogP contribution < -0.4 is 4.74 Å². The first kappa shape index (κ1) is 12.0. The van der Waals surface area contributed by atoms with Crippen molar-refractivity contribution in [1.82, 2.24) is 19.6 Å². The van der Waals surface area contributed by atoms with E-state index < -0.39 is 0 Å². The predicted molar refractivity (Wildman–Crippen MR) is 75.4 cm³/mol. The Balaban J connectivity index is 1.92. The molecule has 0 atom stereocenters. The molecule has 3 aromatic rings. The van der Waals surface area contributed by atoms with Gasteiger partial charge in [0.25, 0.3) is 0 Å². The number of aliphatic hydroxyl groups excluding tert-OH is 1. The minimum atomic E-state index is -0.0446. The van der Waals surface area contributed by atoms with Gasteiger partial charge in [-0.25, -0.2) is 4.98 Å². The SMILES string of the molecule is OCCOc1nc2c3c4c(sc3ncn2n1)CCCC4. The van der Waals surface area contributed by atoms with Gasteiger partial charge in [-0.05, 0) is 31.2 Å². The third-order valence-corrected chi connectivity index (χ3v) is 4.79. The molecule has 0 bridgehead atoms. The molecular weight excluding hydrogens is 276 g/mol. The van der Waals surface area contributed by atoms with E-state index in [0.29, 0.717) is 6.01 Å². The second kappa shape index (κ2) is 4.68. The van der Waals surface area contributed by atoms with Gasteiger partial charge in [0.2, 0.25) is 0 Å². The standard InChI is InChI=1S/C13H14N4O2S/c18-5-6-19-13-15-11-10-8-3-1-2-4-9(8)20-12(10)14-7-17(11)16-13/h7,18H,1-6H2. The molecule has 4 rings (SSSR count). The first-order valence-corrected chi connectivity index (χ1v) is 7.58. The van der Waals surface area contributed by atoms with Crippen LogP contribution in [-0.4, -0.2) is 37.9 Å². The number of hydrogen-bond donors (Lipinski definition) is 1. The molecule has 0 spiro atoms. The summed E-state index contributed by atoms with van der Waals surface area (Å²) in [4.78, 5) is 11.4. The van der Waals surface area contributed by atoms with Gasteiger partial charge in [-0.3, -0.25) is 0 Å². The summed E-state index contributed by atoms with van der Waals surface area (Å²) in [5, 5.41) is 14.2. The maximum Gasteiger partial charge on any atom is 0.336 e. The third kappa shape index (κ3) is 1.77. The molecule has 3 heterocycles. The van der Waals surface area contributed by atoms with E-state index in [1.54, 1.807) is 22.2 Å². The summed E-state index contributed by atoms with van der Waals surface area (Å²) in [6.45, 7) is 0.159. The largest absolute Gasteiger partial charge is 0.460 e. The fourth-order valence-corrected chi connectivity index (χ4v) is 3.96. The number of aryl methyl sites for hydroxylation is 2. The highest BCUT2D eigenvalue weighted by molar-refractivity contribution is 7.19. The number of aliphatic hydroxyl groups is 1. The van der Waals surface area contributed by atoms with Crippen molar-refractivity contribution in [1.29, 1.82) is 0 Å². The lowest BCUT2D eigenvalue weighted by Crippen LogP contribution is -2.02. The van der Waals surface area contributed by atoms with Gasteiger partial charge in [-0.1, -0.05) is 0 Å². The van der Waals surface area contributed by atoms with Crippen LogP contribution in [0.4, 0.5) is 0 Å². The fourth-order valence-electron chi connectivity index (χ4n) is 2.73. The number of aromatic nitrogens is 4. The number of hydrogen-bond acceptors (Lipinski definition) is 6. The number of nitrogens with zero attached hydrogens (tertiary/aromatic N) is 4. The Morgan fingerprint density at radius 3 is 3.15 bits per heavy atom. The summed E-state index contributed by atoms with van der Waals surface area (Å²) < 4.78 is 6.96. The van der Waals surface area contributed by atoms with Crippen molar-refractivity contribution in [2.45, 2.75) is 25.7 Å². The van der Waals surface area contributed by atoms with E-state index >= 15 is 0 Å². The molecule has 6 nitrogen and oxygen atoms in total. The van der Waals surface area contributed by atoms with Crippen LogP contribution in [0.15, 0.2) is 6.33 Å². The maximum atomic E-state index is 8.80. The van der Waals surface area contributed by atoms with Gasteiger partial charge in [-0.15, -0.1) is 16.4 Å². The minimum absolute atomic E-state index is 0.0446. The average molecular weight is 290 g/mol. The zero-order valence-electron chi connectivity index (χ0n) is 10.9. The van der Waals surface area contributed by atoms with Gasteiger partial charge >= 0.3 is 6.01 Å². The number of ether oxygens (including phenoxy) is 1. The van der Waals surface area contributed by atoms with Gasteiger partial charge in [-0.2, -0.15) is 9.50 Å². The Morgan fingerprint density at radius 2 is 2.25 bits per heavy atom. The van der Waals surface area contributed by atoms with Crippen molar-refractivity contribution < 1.29 is 9.84 Å². The quantitative estimate of drug-likeness (QED) is 0.793. The third-order valence-electron chi connectivity index (χ3n) is 3.59. The van der Waals surface area contributed by atoms with Crippen LogP contribution in [-0.2, 0) is 12.8 Å². The van der Waals surface area contributed by atoms with Crippen LogP contribution in [0.2, 0.25) is 0 Å². The van der Waals surface area contributed by atoms with E-state index in [-0.39, 0.29) is 13.2 Å². The Labute approximate surface area is 119 Å². The summed E-state index contributed by atoms with van der Waals surface area (Å²) in [7, 11) is 0. The molecule has 0 unspecified atom stereocenters. The molecule has 0 saturated heterocycles. The molecule has 0 fully saturated rings. The Morgan fingerprint density at radius 1 is 1.35 bits per heavy atom. The molecule has 0 radical (unpaired) electrons. The van der Waals surface area contributed by atoms with Gasteiger partial charge in [0.1, 0.15) is 17.8 Å². The summed E-state index contributed by atoms with van der Waals surface area (Å²) in [6.07, 6.45) is 6.40. The van der Waals surface area contributed by atoms with Crippen LogP contribution in [0.3, 0.4) is 0 Å². The van der Waals surface area contributed by atoms with Crippen LogP contribution in [0.25, 0.3) is 15.9 Å². The second-order valence-corrected chi connectivity index (χ2v) is 5.95. The number of fused-ring (bicyclic) bond motifs is 5. The summed E-state index contributed by atoms with van der Waals surface area (Å²) in [5.41, 5.74) is 2.19. The first-order valence-electron chi connectivity index (χ1n) is 6.76. The van der Waals surface area contributed by atoms with Crippen LogP contribution >= 0.6 is 11.3 Å². The lowest BCUT2D eigenvalue weighted by Gasteiger charge is -2.09. The summed E-state index contributed by atoms with van der Waals surface area (Å²) in [6, 6.07) is 0.295. The average Bonchev–Trinajstić information content (AvgIpc) is 3.04. The predicted octanol–water partition coefficient (Wildman–Crippen LogP) is 1.59. The Kier molecular flexibility index (Phi) is 2.82. The van der Waals surface area contributed by atoms with Crippen molar-refractivity contribution >= 4 is 27.2 Å². The van der Waals surface area contributed by atoms with Crippen molar-refractivity contribution in [3.63, 3.8) is 0 Å². The molecule has 0 amide bonds. The van der Waals surface area contributed by atoms with Crippen LogP contribution in [0.5, 0.6) is 6.01 Å². The van der Waals surface area contributed by atoms with Gasteiger partial charge < -0.3 is 9.84 Å². The molecule has 1 aliphatic rings. The zero-order valence-corrected chi connectivity index (χ0v) is 11.7. The lowest BCUT2D eigenvalue weighted by molar-refractivity contribution is 0.191. The molecule has 1 aliphatic carbocycles. The Hall–Kier alpha value is -1.73. The highest BCUT2D eigenvalue weighted by atomic mass is 32.1. The van der Waals surface area contributed by atoms with E-state index in [1.807, 2.05) is 0 Å². The highest BCUT2D eigenvalue weighted by Gasteiger charge is 2.20. The van der Waals surface area contributed by atoms with E-state index in [0.717, 1.165) is 28.7 Å². The smallest absolute Gasteiger partial charge is 0.336 e. The van der Waals surface area contributed by atoms with Crippen molar-refractivity contribution in [3.05, 3.63) is 16.8 Å². The van der Waals surface area contributed by atoms with Crippen molar-refractivity contribution in [3.8, 4) is 6.01 Å². The lowest BCUT2D eigenvalue weighted by atomic mass is 9.97. The molecule has 1 N–H and O–H groups in total. The van der Waals surface area contributed by atoms with Crippen LogP contribution in [0, 0.1) is 0 Å². The molecule has 7 heteroatoms. The molecule has 0 saturated carbocycles. The van der Waals surface area contributed by atoms with Crippen molar-refractivity contribution in [2.75, 3.05) is 13.2 Å². The van der Waals surface area contributed by atoms with E-state index in [1.165, 1.54) is 23.3 Å². The van der Waals surface area contributed by atoms with Crippen LogP contribution in [0.1, 0.15) is 23.3 Å². The van der Waals surface area contributed by atoms with E-state index in [4.69, 9.17) is 9.84 Å². The molecule has 20 heavy (non-hydrogen) atoms. The van der Waals surface area contributed by atoms with Crippen molar-refractivity contribution in [2.24, 2.45) is 0 Å². The second-order valence-electron chi connectivity index (χ2n) is 4.87. The topological polar surface area (TPSA) is 72.5 Å². The molecule has 3 aromatic heterocycles. The molecule has 0 aromatic carbocycles. The van der Waals surface area contributed by atoms with E-state index in [9.17, 15) is 0 Å². The Bertz CT molecular complexity index is 779.